The molecule has 1 aliphatic rings. The molecule has 2 rings (SSSR count). The summed E-state index contributed by atoms with van der Waals surface area (Å²) < 4.78 is 0. The summed E-state index contributed by atoms with van der Waals surface area (Å²) in [5.74, 6) is -0.796. The topological polar surface area (TPSA) is 72.2 Å². The Kier molecular flexibility index (Phi) is 1.56. The summed E-state index contributed by atoms with van der Waals surface area (Å²) in [6.45, 7) is 0. The quantitative estimate of drug-likeness (QED) is 0.319. The van der Waals surface area contributed by atoms with Crippen molar-refractivity contribution < 1.29 is 9.59 Å². The number of carbonyl (C=O) groups is 2. The molecule has 0 unspecified atom stereocenters. The number of hydrogen-bond acceptors (Lipinski definition) is 4. The fourth-order valence-electron chi connectivity index (χ4n) is 1.22. The van der Waals surface area contributed by atoms with Crippen LogP contribution in [0.25, 0.3) is 0 Å². The maximum atomic E-state index is 11.1. The monoisotopic (exact) mass is 194 g/mol. The van der Waals surface area contributed by atoms with Gasteiger partial charge < -0.3 is 5.73 Å². The van der Waals surface area contributed by atoms with Crippen LogP contribution >= 0.6 is 12.6 Å². The van der Waals surface area contributed by atoms with Gasteiger partial charge in [0, 0.05) is 10.6 Å². The summed E-state index contributed by atoms with van der Waals surface area (Å²) >= 11 is 4.05. The van der Waals surface area contributed by atoms with Crippen LogP contribution in [-0.4, -0.2) is 11.8 Å². The number of hydrogen-bond donors (Lipinski definition) is 3. The first kappa shape index (κ1) is 8.12. The van der Waals surface area contributed by atoms with Crippen molar-refractivity contribution in [2.24, 2.45) is 0 Å². The molecule has 13 heavy (non-hydrogen) atoms. The van der Waals surface area contributed by atoms with E-state index in [0.717, 1.165) is 0 Å². The number of imide groups is 1. The molecule has 4 nitrogen and oxygen atoms in total. The van der Waals surface area contributed by atoms with Gasteiger partial charge in [-0.25, -0.2) is 0 Å². The molecule has 1 heterocycles. The molecule has 66 valence electrons. The van der Waals surface area contributed by atoms with Crippen molar-refractivity contribution in [2.75, 3.05) is 5.73 Å². The number of anilines is 1. The van der Waals surface area contributed by atoms with Crippen molar-refractivity contribution in [3.05, 3.63) is 23.3 Å². The first-order chi connectivity index (χ1) is 6.09. The van der Waals surface area contributed by atoms with E-state index in [1.165, 1.54) is 12.1 Å². The van der Waals surface area contributed by atoms with Gasteiger partial charge in [-0.2, -0.15) is 0 Å². The van der Waals surface area contributed by atoms with E-state index in [1.807, 2.05) is 0 Å². The van der Waals surface area contributed by atoms with E-state index in [9.17, 15) is 9.59 Å². The molecule has 0 saturated heterocycles. The molecule has 0 aromatic heterocycles. The van der Waals surface area contributed by atoms with Crippen LogP contribution in [0.2, 0.25) is 0 Å². The third kappa shape index (κ3) is 1.08. The Balaban J connectivity index is 2.72. The second-order valence-corrected chi connectivity index (χ2v) is 3.22. The zero-order valence-corrected chi connectivity index (χ0v) is 7.39. The van der Waals surface area contributed by atoms with Crippen molar-refractivity contribution in [1.82, 2.24) is 5.32 Å². The van der Waals surface area contributed by atoms with E-state index in [4.69, 9.17) is 5.73 Å². The molecule has 1 aromatic rings. The highest BCUT2D eigenvalue weighted by atomic mass is 32.1. The molecule has 0 atom stereocenters. The van der Waals surface area contributed by atoms with Crippen LogP contribution in [0.4, 0.5) is 5.69 Å². The molecule has 3 N–H and O–H groups in total. The van der Waals surface area contributed by atoms with Crippen molar-refractivity contribution in [3.63, 3.8) is 0 Å². The van der Waals surface area contributed by atoms with Gasteiger partial charge in [-0.15, -0.1) is 12.6 Å². The Labute approximate surface area is 79.5 Å². The average Bonchev–Trinajstić information content (AvgIpc) is 2.31. The highest BCUT2D eigenvalue weighted by Crippen LogP contribution is 2.24. The third-order valence-corrected chi connectivity index (χ3v) is 2.27. The molecule has 1 aromatic carbocycles. The summed E-state index contributed by atoms with van der Waals surface area (Å²) in [5, 5.41) is 2.17. The maximum Gasteiger partial charge on any atom is 0.259 e. The minimum absolute atomic E-state index is 0.320. The normalized spacial score (nSPS) is 14.2. The van der Waals surface area contributed by atoms with Gasteiger partial charge in [-0.1, -0.05) is 0 Å². The van der Waals surface area contributed by atoms with Crippen molar-refractivity contribution in [1.29, 1.82) is 0 Å². The molecule has 1 aliphatic heterocycles. The molecule has 0 aliphatic carbocycles. The van der Waals surface area contributed by atoms with E-state index in [1.54, 1.807) is 0 Å². The smallest absolute Gasteiger partial charge is 0.259 e. The number of nitrogens with two attached hydrogens (primary N) is 1. The molecule has 2 amide bonds. The lowest BCUT2D eigenvalue weighted by molar-refractivity contribution is 0.0879. The highest BCUT2D eigenvalue weighted by Gasteiger charge is 2.27. The summed E-state index contributed by atoms with van der Waals surface area (Å²) in [7, 11) is 0. The van der Waals surface area contributed by atoms with Gasteiger partial charge in [0.25, 0.3) is 11.8 Å². The van der Waals surface area contributed by atoms with Crippen LogP contribution in [0.5, 0.6) is 0 Å². The van der Waals surface area contributed by atoms with Gasteiger partial charge >= 0.3 is 0 Å². The lowest BCUT2D eigenvalue weighted by atomic mass is 10.1. The predicted octanol–water partition coefficient (Wildman–Crippen LogP) is 0.441. The number of benzene rings is 1. The van der Waals surface area contributed by atoms with Crippen LogP contribution in [-0.2, 0) is 0 Å². The molecular formula is C8H6N2O2S. The number of rotatable bonds is 0. The maximum absolute atomic E-state index is 11.1. The number of fused-ring (bicyclic) bond motifs is 1. The summed E-state index contributed by atoms with van der Waals surface area (Å²) in [4.78, 5) is 22.8. The van der Waals surface area contributed by atoms with Gasteiger partial charge in [-0.3, -0.25) is 14.9 Å². The van der Waals surface area contributed by atoms with Crippen molar-refractivity contribution in [3.8, 4) is 0 Å². The minimum atomic E-state index is -0.403. The van der Waals surface area contributed by atoms with Crippen LogP contribution in [0.1, 0.15) is 20.7 Å². The Bertz CT molecular complexity index is 389. The average molecular weight is 194 g/mol. The standard InChI is InChI=1S/C8H6N2O2S/c9-5-1-3-4(2-6(5)13)8(12)10-7(3)11/h1-2,13H,9H2,(H,10,11,12). The van der Waals surface area contributed by atoms with Crippen LogP contribution in [0, 0.1) is 0 Å². The zero-order valence-electron chi connectivity index (χ0n) is 6.50. The number of thiol groups is 1. The molecular weight excluding hydrogens is 188 g/mol. The Morgan fingerprint density at radius 3 is 2.31 bits per heavy atom. The van der Waals surface area contributed by atoms with E-state index < -0.39 is 11.8 Å². The molecule has 5 heteroatoms. The number of nitrogens with one attached hydrogen (secondary N) is 1. The number of nitrogen functional groups attached to an aromatic ring is 1. The molecule has 0 radical (unpaired) electrons. The molecule has 0 saturated carbocycles. The Morgan fingerprint density at radius 1 is 1.15 bits per heavy atom. The van der Waals surface area contributed by atoms with Gasteiger partial charge in [0.1, 0.15) is 0 Å². The molecule has 0 fully saturated rings. The first-order valence-electron chi connectivity index (χ1n) is 3.58. The fourth-order valence-corrected chi connectivity index (χ4v) is 1.41. The van der Waals surface area contributed by atoms with E-state index in [-0.39, 0.29) is 0 Å². The Hall–Kier alpha value is -1.49. The van der Waals surface area contributed by atoms with E-state index in [2.05, 4.69) is 17.9 Å². The van der Waals surface area contributed by atoms with Crippen molar-refractivity contribution >= 4 is 30.1 Å². The number of carbonyl (C=O) groups excluding carboxylic acids is 2. The van der Waals surface area contributed by atoms with E-state index in [0.29, 0.717) is 21.7 Å². The Morgan fingerprint density at radius 2 is 1.69 bits per heavy atom. The van der Waals surface area contributed by atoms with Gasteiger partial charge in [-0.05, 0) is 12.1 Å². The van der Waals surface area contributed by atoms with Crippen LogP contribution in [0.15, 0.2) is 17.0 Å². The molecule has 0 bridgehead atoms. The molecule has 0 spiro atoms. The third-order valence-electron chi connectivity index (χ3n) is 1.88. The van der Waals surface area contributed by atoms with Gasteiger partial charge in [0.15, 0.2) is 0 Å². The lowest BCUT2D eigenvalue weighted by Gasteiger charge is -2.00. The second-order valence-electron chi connectivity index (χ2n) is 2.74. The van der Waals surface area contributed by atoms with Gasteiger partial charge in [0.2, 0.25) is 0 Å². The lowest BCUT2D eigenvalue weighted by Crippen LogP contribution is -2.19. The largest absolute Gasteiger partial charge is 0.398 e. The summed E-state index contributed by atoms with van der Waals surface area (Å²) in [6, 6.07) is 2.95. The fraction of sp³-hybridized carbons (Fsp3) is 0. The van der Waals surface area contributed by atoms with Crippen LogP contribution < -0.4 is 11.1 Å². The summed E-state index contributed by atoms with van der Waals surface area (Å²) in [5.41, 5.74) is 6.59. The van der Waals surface area contributed by atoms with Gasteiger partial charge in [0.05, 0.1) is 11.1 Å². The minimum Gasteiger partial charge on any atom is -0.398 e. The first-order valence-corrected chi connectivity index (χ1v) is 4.02. The number of amides is 2. The SMILES string of the molecule is Nc1cc2c(cc1S)C(=O)NC2=O. The van der Waals surface area contributed by atoms with E-state index >= 15 is 0 Å². The van der Waals surface area contributed by atoms with Crippen molar-refractivity contribution in [2.45, 2.75) is 4.90 Å². The highest BCUT2D eigenvalue weighted by molar-refractivity contribution is 7.80. The zero-order chi connectivity index (χ0) is 9.59. The van der Waals surface area contributed by atoms with Crippen LogP contribution in [0.3, 0.4) is 0 Å². The summed E-state index contributed by atoms with van der Waals surface area (Å²) in [6.07, 6.45) is 0. The second kappa shape index (κ2) is 2.50. The predicted molar refractivity (Wildman–Crippen MR) is 49.9 cm³/mol.